The highest BCUT2D eigenvalue weighted by atomic mass is 16.7. The van der Waals surface area contributed by atoms with Crippen LogP contribution in [0, 0.1) is 5.92 Å². The molecule has 1 saturated heterocycles. The van der Waals surface area contributed by atoms with E-state index in [0.717, 1.165) is 26.1 Å². The van der Waals surface area contributed by atoms with Gasteiger partial charge in [0.15, 0.2) is 17.3 Å². The topological polar surface area (TPSA) is 59.1 Å². The third-order valence-electron chi connectivity index (χ3n) is 4.81. The average Bonchev–Trinajstić information content (AvgIpc) is 3.02. The first kappa shape index (κ1) is 16.8. The van der Waals surface area contributed by atoms with Gasteiger partial charge in [-0.15, -0.1) is 0 Å². The van der Waals surface area contributed by atoms with Crippen molar-refractivity contribution in [3.05, 3.63) is 23.8 Å². The summed E-state index contributed by atoms with van der Waals surface area (Å²) in [6.45, 7) is 6.70. The van der Waals surface area contributed by atoms with Crippen LogP contribution in [0.1, 0.15) is 30.6 Å². The van der Waals surface area contributed by atoms with Crippen LogP contribution in [0.15, 0.2) is 18.2 Å². The van der Waals surface area contributed by atoms with Crippen LogP contribution < -0.4 is 9.47 Å². The number of ketones is 1. The van der Waals surface area contributed by atoms with Gasteiger partial charge in [0.05, 0.1) is 12.0 Å². The van der Waals surface area contributed by atoms with Crippen LogP contribution in [0.3, 0.4) is 0 Å². The van der Waals surface area contributed by atoms with E-state index in [4.69, 9.17) is 9.47 Å². The van der Waals surface area contributed by atoms with E-state index in [0.29, 0.717) is 17.1 Å². The van der Waals surface area contributed by atoms with Gasteiger partial charge in [0.2, 0.25) is 12.7 Å². The lowest BCUT2D eigenvalue weighted by molar-refractivity contribution is -0.140. The maximum absolute atomic E-state index is 12.7. The maximum atomic E-state index is 12.7. The molecular formula is C18H24N2O4. The summed E-state index contributed by atoms with van der Waals surface area (Å²) in [5.41, 5.74) is 0.535. The number of fused-ring (bicyclic) bond motifs is 1. The minimum absolute atomic E-state index is 0.00792. The number of rotatable bonds is 6. The first-order chi connectivity index (χ1) is 11.5. The maximum Gasteiger partial charge on any atom is 0.231 e. The SMILES string of the molecule is CCCN1CC(C(=O)N(C)[C@H](C)C(=O)c2ccc3c(c2)OCO3)C1. The van der Waals surface area contributed by atoms with Crippen LogP contribution in [-0.4, -0.2) is 61.0 Å². The Morgan fingerprint density at radius 3 is 2.71 bits per heavy atom. The Morgan fingerprint density at radius 2 is 2.00 bits per heavy atom. The Kier molecular flexibility index (Phi) is 4.76. The number of hydrogen-bond donors (Lipinski definition) is 0. The molecule has 0 N–H and O–H groups in total. The van der Waals surface area contributed by atoms with Crippen molar-refractivity contribution in [3.8, 4) is 11.5 Å². The molecule has 2 aliphatic heterocycles. The Bertz CT molecular complexity index is 640. The van der Waals surface area contributed by atoms with Gasteiger partial charge in [-0.2, -0.15) is 0 Å². The molecule has 0 aliphatic carbocycles. The van der Waals surface area contributed by atoms with Gasteiger partial charge in [-0.25, -0.2) is 0 Å². The predicted molar refractivity (Wildman–Crippen MR) is 89.3 cm³/mol. The Balaban J connectivity index is 1.62. The summed E-state index contributed by atoms with van der Waals surface area (Å²) >= 11 is 0. The molecule has 2 aliphatic rings. The van der Waals surface area contributed by atoms with Crippen LogP contribution in [0.4, 0.5) is 0 Å². The van der Waals surface area contributed by atoms with Gasteiger partial charge in [0, 0.05) is 25.7 Å². The van der Waals surface area contributed by atoms with E-state index < -0.39 is 6.04 Å². The largest absolute Gasteiger partial charge is 0.454 e. The number of carbonyl (C=O) groups excluding carboxylic acids is 2. The van der Waals surface area contributed by atoms with Crippen molar-refractivity contribution in [2.45, 2.75) is 26.3 Å². The number of Topliss-reactive ketones (excluding diaryl/α,β-unsaturated/α-hetero) is 1. The highest BCUT2D eigenvalue weighted by Gasteiger charge is 2.36. The third-order valence-corrected chi connectivity index (χ3v) is 4.81. The van der Waals surface area contributed by atoms with Crippen molar-refractivity contribution in [2.24, 2.45) is 5.92 Å². The van der Waals surface area contributed by atoms with E-state index >= 15 is 0 Å². The summed E-state index contributed by atoms with van der Waals surface area (Å²) in [6.07, 6.45) is 1.09. The minimum atomic E-state index is -0.502. The summed E-state index contributed by atoms with van der Waals surface area (Å²) in [5.74, 6) is 1.19. The molecule has 24 heavy (non-hydrogen) atoms. The number of hydrogen-bond acceptors (Lipinski definition) is 5. The van der Waals surface area contributed by atoms with Gasteiger partial charge in [-0.1, -0.05) is 6.92 Å². The molecule has 1 aromatic rings. The van der Waals surface area contributed by atoms with Crippen molar-refractivity contribution < 1.29 is 19.1 Å². The van der Waals surface area contributed by atoms with Crippen molar-refractivity contribution in [2.75, 3.05) is 33.5 Å². The van der Waals surface area contributed by atoms with Crippen LogP contribution >= 0.6 is 0 Å². The first-order valence-electron chi connectivity index (χ1n) is 8.44. The molecule has 0 aromatic heterocycles. The van der Waals surface area contributed by atoms with Crippen LogP contribution in [0.25, 0.3) is 0 Å². The highest BCUT2D eigenvalue weighted by molar-refractivity contribution is 6.02. The molecule has 1 fully saturated rings. The van der Waals surface area contributed by atoms with Gasteiger partial charge in [0.1, 0.15) is 0 Å². The molecule has 1 amide bonds. The molecule has 3 rings (SSSR count). The molecule has 1 atom stereocenters. The van der Waals surface area contributed by atoms with Gasteiger partial charge in [0.25, 0.3) is 0 Å². The van der Waals surface area contributed by atoms with Gasteiger partial charge in [-0.3, -0.25) is 9.59 Å². The second-order valence-electron chi connectivity index (χ2n) is 6.51. The van der Waals surface area contributed by atoms with E-state index in [9.17, 15) is 9.59 Å². The Hall–Kier alpha value is -2.08. The third kappa shape index (κ3) is 3.11. The molecule has 0 saturated carbocycles. The quantitative estimate of drug-likeness (QED) is 0.743. The fourth-order valence-electron chi connectivity index (χ4n) is 3.17. The normalized spacial score (nSPS) is 18.1. The Morgan fingerprint density at radius 1 is 1.29 bits per heavy atom. The summed E-state index contributed by atoms with van der Waals surface area (Å²) in [5, 5.41) is 0. The summed E-state index contributed by atoms with van der Waals surface area (Å²) < 4.78 is 10.6. The number of likely N-dealkylation sites (N-methyl/N-ethyl adjacent to an activating group) is 1. The zero-order chi connectivity index (χ0) is 17.3. The molecule has 0 radical (unpaired) electrons. The lowest BCUT2D eigenvalue weighted by Crippen LogP contribution is -2.56. The van der Waals surface area contributed by atoms with Gasteiger partial charge < -0.3 is 19.3 Å². The minimum Gasteiger partial charge on any atom is -0.454 e. The molecular weight excluding hydrogens is 308 g/mol. The van der Waals surface area contributed by atoms with Crippen LogP contribution in [-0.2, 0) is 4.79 Å². The zero-order valence-electron chi connectivity index (χ0n) is 14.4. The highest BCUT2D eigenvalue weighted by Crippen LogP contribution is 2.33. The van der Waals surface area contributed by atoms with E-state index in [-0.39, 0.29) is 24.4 Å². The van der Waals surface area contributed by atoms with E-state index in [1.165, 1.54) is 0 Å². The van der Waals surface area contributed by atoms with Crippen molar-refractivity contribution in [1.82, 2.24) is 9.80 Å². The van der Waals surface area contributed by atoms with E-state index in [2.05, 4.69) is 11.8 Å². The van der Waals surface area contributed by atoms with Crippen LogP contribution in [0.5, 0.6) is 11.5 Å². The number of ether oxygens (including phenoxy) is 2. The molecule has 6 nitrogen and oxygen atoms in total. The summed E-state index contributed by atoms with van der Waals surface area (Å²) in [7, 11) is 1.71. The number of benzene rings is 1. The van der Waals surface area contributed by atoms with Gasteiger partial charge >= 0.3 is 0 Å². The second kappa shape index (κ2) is 6.81. The molecule has 130 valence electrons. The first-order valence-corrected chi connectivity index (χ1v) is 8.44. The van der Waals surface area contributed by atoms with Crippen molar-refractivity contribution in [3.63, 3.8) is 0 Å². The van der Waals surface area contributed by atoms with E-state index in [1.54, 1.807) is 37.1 Å². The lowest BCUT2D eigenvalue weighted by atomic mass is 9.96. The number of nitrogens with zero attached hydrogens (tertiary/aromatic N) is 2. The fourth-order valence-corrected chi connectivity index (χ4v) is 3.17. The zero-order valence-corrected chi connectivity index (χ0v) is 14.4. The van der Waals surface area contributed by atoms with Crippen LogP contribution in [0.2, 0.25) is 0 Å². The molecule has 0 bridgehead atoms. The van der Waals surface area contributed by atoms with Crippen molar-refractivity contribution >= 4 is 11.7 Å². The molecule has 6 heteroatoms. The van der Waals surface area contributed by atoms with E-state index in [1.807, 2.05) is 0 Å². The monoisotopic (exact) mass is 332 g/mol. The lowest BCUT2D eigenvalue weighted by Gasteiger charge is -2.40. The van der Waals surface area contributed by atoms with Crippen molar-refractivity contribution in [1.29, 1.82) is 0 Å². The molecule has 2 heterocycles. The number of carbonyl (C=O) groups is 2. The fraction of sp³-hybridized carbons (Fsp3) is 0.556. The smallest absolute Gasteiger partial charge is 0.231 e. The predicted octanol–water partition coefficient (Wildman–Crippen LogP) is 1.79. The Labute approximate surface area is 142 Å². The molecule has 1 aromatic carbocycles. The average molecular weight is 332 g/mol. The summed E-state index contributed by atoms with van der Waals surface area (Å²) in [4.78, 5) is 29.1. The molecule has 0 spiro atoms. The second-order valence-corrected chi connectivity index (χ2v) is 6.51. The van der Waals surface area contributed by atoms with Gasteiger partial charge in [-0.05, 0) is 38.1 Å². The number of amides is 1. The molecule has 0 unspecified atom stereocenters. The number of likely N-dealkylation sites (tertiary alicyclic amines) is 1. The standard InChI is InChI=1S/C18H24N2O4/c1-4-7-20-9-14(10-20)18(22)19(3)12(2)17(21)13-5-6-15-16(8-13)24-11-23-15/h5-6,8,12,14H,4,7,9-11H2,1-3H3/t12-/m1/s1. The summed E-state index contributed by atoms with van der Waals surface area (Å²) in [6, 6.07) is 4.64.